The minimum Gasteiger partial charge on any atom is -0.472 e. The van der Waals surface area contributed by atoms with Gasteiger partial charge in [0.1, 0.15) is 6.26 Å². The van der Waals surface area contributed by atoms with Gasteiger partial charge in [0.05, 0.1) is 11.8 Å². The zero-order chi connectivity index (χ0) is 14.7. The van der Waals surface area contributed by atoms with E-state index in [-0.39, 0.29) is 5.91 Å². The lowest BCUT2D eigenvalue weighted by atomic mass is 9.99. The molecule has 1 aliphatic rings. The highest BCUT2D eigenvalue weighted by molar-refractivity contribution is 5.93. The number of furan rings is 1. The van der Waals surface area contributed by atoms with Crippen LogP contribution >= 0.6 is 0 Å². The van der Waals surface area contributed by atoms with Gasteiger partial charge in [0.2, 0.25) is 0 Å². The van der Waals surface area contributed by atoms with Crippen molar-refractivity contribution < 1.29 is 9.21 Å². The van der Waals surface area contributed by atoms with E-state index in [1.54, 1.807) is 6.07 Å². The van der Waals surface area contributed by atoms with Crippen molar-refractivity contribution in [2.75, 3.05) is 13.1 Å². The fourth-order valence-corrected chi connectivity index (χ4v) is 2.76. The second-order valence-electron chi connectivity index (χ2n) is 5.56. The summed E-state index contributed by atoms with van der Waals surface area (Å²) in [5, 5.41) is 2.97. The number of nitrogens with one attached hydrogen (secondary N) is 1. The number of carbonyl (C=O) groups is 1. The summed E-state index contributed by atoms with van der Waals surface area (Å²) in [6.07, 6.45) is 4.06. The fraction of sp³-hybridized carbons (Fsp3) is 0.353. The molecule has 0 unspecified atom stereocenters. The molecule has 1 amide bonds. The number of hydrogen-bond acceptors (Lipinski definition) is 3. The van der Waals surface area contributed by atoms with Gasteiger partial charge in [-0.3, -0.25) is 9.69 Å². The molecule has 110 valence electrons. The number of rotatable bonds is 4. The van der Waals surface area contributed by atoms with Crippen molar-refractivity contribution >= 4 is 5.91 Å². The Balaban J connectivity index is 1.55. The lowest BCUT2D eigenvalue weighted by Gasteiger charge is -2.33. The molecule has 2 aromatic rings. The molecule has 0 saturated heterocycles. The van der Waals surface area contributed by atoms with E-state index < -0.39 is 0 Å². The number of nitrogens with zero attached hydrogens (tertiary/aromatic N) is 1. The van der Waals surface area contributed by atoms with Gasteiger partial charge in [-0.05, 0) is 30.5 Å². The summed E-state index contributed by atoms with van der Waals surface area (Å²) in [7, 11) is 0. The summed E-state index contributed by atoms with van der Waals surface area (Å²) in [5.74, 6) is -0.0759. The van der Waals surface area contributed by atoms with Crippen molar-refractivity contribution in [1.82, 2.24) is 10.2 Å². The van der Waals surface area contributed by atoms with Gasteiger partial charge in [0.15, 0.2) is 0 Å². The molecule has 0 fully saturated rings. The van der Waals surface area contributed by atoms with E-state index in [0.717, 1.165) is 19.5 Å². The van der Waals surface area contributed by atoms with E-state index in [0.29, 0.717) is 18.2 Å². The Kier molecular flexibility index (Phi) is 4.06. The molecular formula is C17H20N2O2. The summed E-state index contributed by atoms with van der Waals surface area (Å²) in [4.78, 5) is 14.3. The van der Waals surface area contributed by atoms with Crippen LogP contribution in [0.1, 0.15) is 28.4 Å². The lowest BCUT2D eigenvalue weighted by Crippen LogP contribution is -2.44. The van der Waals surface area contributed by atoms with Crippen LogP contribution in [0.3, 0.4) is 0 Å². The molecule has 0 spiro atoms. The first-order chi connectivity index (χ1) is 10.2. The second-order valence-corrected chi connectivity index (χ2v) is 5.56. The molecule has 0 radical (unpaired) electrons. The van der Waals surface area contributed by atoms with Crippen molar-refractivity contribution in [3.8, 4) is 0 Å². The maximum Gasteiger partial charge on any atom is 0.254 e. The maximum atomic E-state index is 11.9. The van der Waals surface area contributed by atoms with Crippen LogP contribution in [-0.4, -0.2) is 29.9 Å². The molecular weight excluding hydrogens is 264 g/mol. The number of hydrogen-bond donors (Lipinski definition) is 1. The van der Waals surface area contributed by atoms with Gasteiger partial charge in [-0.15, -0.1) is 0 Å². The third kappa shape index (κ3) is 3.16. The van der Waals surface area contributed by atoms with Gasteiger partial charge in [-0.25, -0.2) is 0 Å². The smallest absolute Gasteiger partial charge is 0.254 e. The van der Waals surface area contributed by atoms with Crippen LogP contribution in [0.15, 0.2) is 47.3 Å². The predicted molar refractivity (Wildman–Crippen MR) is 81.1 cm³/mol. The Morgan fingerprint density at radius 1 is 1.33 bits per heavy atom. The van der Waals surface area contributed by atoms with Crippen LogP contribution in [0.2, 0.25) is 0 Å². The highest BCUT2D eigenvalue weighted by Gasteiger charge is 2.20. The molecule has 0 saturated carbocycles. The Hall–Kier alpha value is -2.07. The third-order valence-electron chi connectivity index (χ3n) is 4.12. The monoisotopic (exact) mass is 284 g/mol. The minimum absolute atomic E-state index is 0.0759. The van der Waals surface area contributed by atoms with Gasteiger partial charge in [0.25, 0.3) is 5.91 Å². The first-order valence-electron chi connectivity index (χ1n) is 7.35. The largest absolute Gasteiger partial charge is 0.472 e. The van der Waals surface area contributed by atoms with Crippen LogP contribution in [0.25, 0.3) is 0 Å². The van der Waals surface area contributed by atoms with Crippen molar-refractivity contribution in [1.29, 1.82) is 0 Å². The van der Waals surface area contributed by atoms with Crippen LogP contribution < -0.4 is 5.32 Å². The summed E-state index contributed by atoms with van der Waals surface area (Å²) < 4.78 is 4.93. The van der Waals surface area contributed by atoms with Crippen molar-refractivity contribution in [2.24, 2.45) is 0 Å². The van der Waals surface area contributed by atoms with Crippen molar-refractivity contribution in [3.05, 3.63) is 59.5 Å². The molecule has 0 aliphatic carbocycles. The van der Waals surface area contributed by atoms with Crippen molar-refractivity contribution in [3.63, 3.8) is 0 Å². The maximum absolute atomic E-state index is 11.9. The van der Waals surface area contributed by atoms with Gasteiger partial charge < -0.3 is 9.73 Å². The molecule has 2 heterocycles. The number of fused-ring (bicyclic) bond motifs is 1. The van der Waals surface area contributed by atoms with E-state index in [4.69, 9.17) is 4.42 Å². The molecule has 4 nitrogen and oxygen atoms in total. The van der Waals surface area contributed by atoms with Crippen LogP contribution in [-0.2, 0) is 13.0 Å². The zero-order valence-corrected chi connectivity index (χ0v) is 12.2. The van der Waals surface area contributed by atoms with Crippen LogP contribution in [0, 0.1) is 0 Å². The fourth-order valence-electron chi connectivity index (χ4n) is 2.76. The highest BCUT2D eigenvalue weighted by Crippen LogP contribution is 2.19. The predicted octanol–water partition coefficient (Wildman–Crippen LogP) is 2.46. The molecule has 4 heteroatoms. The van der Waals surface area contributed by atoms with E-state index >= 15 is 0 Å². The lowest BCUT2D eigenvalue weighted by molar-refractivity contribution is 0.0932. The molecule has 1 aliphatic heterocycles. The highest BCUT2D eigenvalue weighted by atomic mass is 16.3. The number of amides is 1. The van der Waals surface area contributed by atoms with Gasteiger partial charge in [0, 0.05) is 25.7 Å². The molecule has 0 bridgehead atoms. The molecule has 1 atom stereocenters. The third-order valence-corrected chi connectivity index (χ3v) is 4.12. The Labute approximate surface area is 124 Å². The van der Waals surface area contributed by atoms with Gasteiger partial charge >= 0.3 is 0 Å². The van der Waals surface area contributed by atoms with E-state index in [2.05, 4.69) is 41.4 Å². The van der Waals surface area contributed by atoms with Gasteiger partial charge in [-0.1, -0.05) is 24.3 Å². The quantitative estimate of drug-likeness (QED) is 0.938. The second kappa shape index (κ2) is 6.14. The minimum atomic E-state index is -0.0759. The number of carbonyl (C=O) groups excluding carboxylic acids is 1. The van der Waals surface area contributed by atoms with E-state index in [9.17, 15) is 4.79 Å². The normalized spacial score (nSPS) is 16.2. The summed E-state index contributed by atoms with van der Waals surface area (Å²) >= 11 is 0. The Morgan fingerprint density at radius 3 is 2.90 bits per heavy atom. The van der Waals surface area contributed by atoms with Crippen molar-refractivity contribution in [2.45, 2.75) is 25.9 Å². The van der Waals surface area contributed by atoms with E-state index in [1.807, 2.05) is 0 Å². The average molecular weight is 284 g/mol. The average Bonchev–Trinajstić information content (AvgIpc) is 3.06. The molecule has 21 heavy (non-hydrogen) atoms. The molecule has 3 rings (SSSR count). The van der Waals surface area contributed by atoms with Crippen LogP contribution in [0.4, 0.5) is 0 Å². The van der Waals surface area contributed by atoms with E-state index in [1.165, 1.54) is 23.7 Å². The molecule has 1 aromatic heterocycles. The Morgan fingerprint density at radius 2 is 2.14 bits per heavy atom. The van der Waals surface area contributed by atoms with Crippen LogP contribution in [0.5, 0.6) is 0 Å². The van der Waals surface area contributed by atoms with Gasteiger partial charge in [-0.2, -0.15) is 0 Å². The SMILES string of the molecule is C[C@@H](CNC(=O)c1ccoc1)N1CCc2ccccc2C1. The standard InChI is InChI=1S/C17H20N2O2/c1-13(10-18-17(20)16-7-9-21-12-16)19-8-6-14-4-2-3-5-15(14)11-19/h2-5,7,9,12-13H,6,8,10-11H2,1H3,(H,18,20)/t13-/m0/s1. The summed E-state index contributed by atoms with van der Waals surface area (Å²) in [6, 6.07) is 10.6. The Bertz CT molecular complexity index is 607. The summed E-state index contributed by atoms with van der Waals surface area (Å²) in [5.41, 5.74) is 3.42. The zero-order valence-electron chi connectivity index (χ0n) is 12.2. The first-order valence-corrected chi connectivity index (χ1v) is 7.35. The topological polar surface area (TPSA) is 45.5 Å². The molecule has 1 aromatic carbocycles. The first kappa shape index (κ1) is 13.9. The molecule has 1 N–H and O–H groups in total. The summed E-state index contributed by atoms with van der Waals surface area (Å²) in [6.45, 7) is 4.80. The number of benzene rings is 1.